The van der Waals surface area contributed by atoms with E-state index >= 15 is 0 Å². The summed E-state index contributed by atoms with van der Waals surface area (Å²) in [6, 6.07) is 0. The predicted molar refractivity (Wildman–Crippen MR) is 65.3 cm³/mol. The van der Waals surface area contributed by atoms with Gasteiger partial charge in [-0.3, -0.25) is 9.59 Å². The summed E-state index contributed by atoms with van der Waals surface area (Å²) < 4.78 is 0. The van der Waals surface area contributed by atoms with Gasteiger partial charge in [0.25, 0.3) is 0 Å². The molecule has 0 aromatic carbocycles. The van der Waals surface area contributed by atoms with Gasteiger partial charge in [0.15, 0.2) is 0 Å². The van der Waals surface area contributed by atoms with Crippen LogP contribution in [0, 0.1) is 11.8 Å². The van der Waals surface area contributed by atoms with Gasteiger partial charge in [0, 0.05) is 26.6 Å². The summed E-state index contributed by atoms with van der Waals surface area (Å²) in [7, 11) is 1.87. The lowest BCUT2D eigenvalue weighted by molar-refractivity contribution is -0.135. The average Bonchev–Trinajstić information content (AvgIpc) is 2.76. The van der Waals surface area contributed by atoms with Crippen LogP contribution in [0.15, 0.2) is 0 Å². The molecule has 1 unspecified atom stereocenters. The van der Waals surface area contributed by atoms with Crippen molar-refractivity contribution in [2.24, 2.45) is 11.8 Å². The first-order valence-electron chi connectivity index (χ1n) is 6.68. The first kappa shape index (κ1) is 12.4. The molecule has 4 heteroatoms. The number of hydrogen-bond donors (Lipinski definition) is 1. The van der Waals surface area contributed by atoms with Crippen molar-refractivity contribution in [2.45, 2.75) is 38.5 Å². The second-order valence-electron chi connectivity index (χ2n) is 5.43. The molecule has 0 aromatic rings. The Kier molecular flexibility index (Phi) is 4.02. The molecule has 1 aliphatic heterocycles. The van der Waals surface area contributed by atoms with Crippen LogP contribution in [0.2, 0.25) is 0 Å². The topological polar surface area (TPSA) is 49.4 Å². The van der Waals surface area contributed by atoms with Gasteiger partial charge in [-0.05, 0) is 18.8 Å². The molecule has 0 aromatic heterocycles. The molecule has 1 heterocycles. The first-order valence-corrected chi connectivity index (χ1v) is 6.68. The highest BCUT2D eigenvalue weighted by atomic mass is 16.2. The Labute approximate surface area is 103 Å². The molecule has 2 amide bonds. The summed E-state index contributed by atoms with van der Waals surface area (Å²) in [6.45, 7) is 1.39. The molecule has 2 aliphatic rings. The van der Waals surface area contributed by atoms with Crippen molar-refractivity contribution >= 4 is 11.8 Å². The monoisotopic (exact) mass is 238 g/mol. The predicted octanol–water partition coefficient (Wildman–Crippen LogP) is 1.16. The average molecular weight is 238 g/mol. The van der Waals surface area contributed by atoms with Gasteiger partial charge in [-0.15, -0.1) is 0 Å². The van der Waals surface area contributed by atoms with Gasteiger partial charge in [-0.25, -0.2) is 0 Å². The minimum Gasteiger partial charge on any atom is -0.355 e. The summed E-state index contributed by atoms with van der Waals surface area (Å²) in [5.74, 6) is 0.683. The minimum atomic E-state index is -0.129. The number of nitrogens with zero attached hydrogens (tertiary/aromatic N) is 1. The molecule has 1 atom stereocenters. The zero-order valence-corrected chi connectivity index (χ0v) is 10.6. The van der Waals surface area contributed by atoms with Gasteiger partial charge in [0.05, 0.1) is 5.92 Å². The largest absolute Gasteiger partial charge is 0.355 e. The second-order valence-corrected chi connectivity index (χ2v) is 5.43. The lowest BCUT2D eigenvalue weighted by atomic mass is 9.89. The quantitative estimate of drug-likeness (QED) is 0.802. The van der Waals surface area contributed by atoms with Crippen LogP contribution in [0.4, 0.5) is 0 Å². The fraction of sp³-hybridized carbons (Fsp3) is 0.846. The molecule has 1 saturated carbocycles. The van der Waals surface area contributed by atoms with Gasteiger partial charge in [0.2, 0.25) is 11.8 Å². The molecule has 2 rings (SSSR count). The van der Waals surface area contributed by atoms with Gasteiger partial charge in [-0.1, -0.05) is 19.3 Å². The number of hydrogen-bond acceptors (Lipinski definition) is 2. The number of amides is 2. The summed E-state index contributed by atoms with van der Waals surface area (Å²) in [5, 5.41) is 2.72. The molecule has 1 saturated heterocycles. The van der Waals surface area contributed by atoms with Crippen molar-refractivity contribution in [3.63, 3.8) is 0 Å². The van der Waals surface area contributed by atoms with Crippen molar-refractivity contribution in [3.05, 3.63) is 0 Å². The highest BCUT2D eigenvalue weighted by Gasteiger charge is 2.30. The van der Waals surface area contributed by atoms with E-state index in [-0.39, 0.29) is 17.7 Å². The van der Waals surface area contributed by atoms with E-state index in [1.54, 1.807) is 0 Å². The molecular weight excluding hydrogens is 216 g/mol. The molecule has 0 radical (unpaired) electrons. The third kappa shape index (κ3) is 3.20. The number of nitrogens with one attached hydrogen (secondary N) is 1. The van der Waals surface area contributed by atoms with E-state index in [0.717, 1.165) is 6.54 Å². The Morgan fingerprint density at radius 3 is 2.65 bits per heavy atom. The van der Waals surface area contributed by atoms with Crippen LogP contribution in [0.25, 0.3) is 0 Å². The maximum absolute atomic E-state index is 12.1. The van der Waals surface area contributed by atoms with Crippen LogP contribution in [0.1, 0.15) is 38.5 Å². The summed E-state index contributed by atoms with van der Waals surface area (Å²) in [6.07, 6.45) is 6.81. The van der Waals surface area contributed by atoms with Gasteiger partial charge in [-0.2, -0.15) is 0 Å². The van der Waals surface area contributed by atoms with Crippen molar-refractivity contribution in [1.82, 2.24) is 10.2 Å². The number of carbonyl (C=O) groups is 2. The first-order chi connectivity index (χ1) is 8.16. The zero-order chi connectivity index (χ0) is 12.3. The number of carbonyl (C=O) groups excluding carboxylic acids is 2. The van der Waals surface area contributed by atoms with E-state index in [2.05, 4.69) is 5.32 Å². The summed E-state index contributed by atoms with van der Waals surface area (Å²) in [4.78, 5) is 25.0. The van der Waals surface area contributed by atoms with Crippen LogP contribution in [0.3, 0.4) is 0 Å². The molecule has 1 N–H and O–H groups in total. The maximum Gasteiger partial charge on any atom is 0.227 e. The summed E-state index contributed by atoms with van der Waals surface area (Å²) in [5.41, 5.74) is 0. The fourth-order valence-electron chi connectivity index (χ4n) is 2.94. The minimum absolute atomic E-state index is 0.00872. The zero-order valence-electron chi connectivity index (χ0n) is 10.6. The third-order valence-corrected chi connectivity index (χ3v) is 3.96. The smallest absolute Gasteiger partial charge is 0.227 e. The van der Waals surface area contributed by atoms with Crippen molar-refractivity contribution in [1.29, 1.82) is 0 Å². The second kappa shape index (κ2) is 5.52. The fourth-order valence-corrected chi connectivity index (χ4v) is 2.94. The van der Waals surface area contributed by atoms with E-state index in [9.17, 15) is 9.59 Å². The van der Waals surface area contributed by atoms with E-state index in [1.165, 1.54) is 32.1 Å². The molecule has 0 bridgehead atoms. The van der Waals surface area contributed by atoms with Crippen LogP contribution < -0.4 is 5.32 Å². The highest BCUT2D eigenvalue weighted by molar-refractivity contribution is 5.89. The lowest BCUT2D eigenvalue weighted by Crippen LogP contribution is -2.37. The van der Waals surface area contributed by atoms with Crippen molar-refractivity contribution in [2.75, 3.05) is 20.1 Å². The highest BCUT2D eigenvalue weighted by Crippen LogP contribution is 2.24. The van der Waals surface area contributed by atoms with E-state index < -0.39 is 0 Å². The van der Waals surface area contributed by atoms with Gasteiger partial charge in [0.1, 0.15) is 0 Å². The SMILES string of the molecule is CN(CC1CCCCC1)C(=O)C1CNC(=O)C1. The summed E-state index contributed by atoms with van der Waals surface area (Å²) >= 11 is 0. The van der Waals surface area contributed by atoms with Gasteiger partial charge < -0.3 is 10.2 Å². The van der Waals surface area contributed by atoms with Gasteiger partial charge >= 0.3 is 0 Å². The Morgan fingerprint density at radius 1 is 1.35 bits per heavy atom. The maximum atomic E-state index is 12.1. The van der Waals surface area contributed by atoms with Crippen LogP contribution in [-0.4, -0.2) is 36.9 Å². The third-order valence-electron chi connectivity index (χ3n) is 3.96. The van der Waals surface area contributed by atoms with Crippen LogP contribution in [-0.2, 0) is 9.59 Å². The number of rotatable bonds is 3. The Morgan fingerprint density at radius 2 is 2.06 bits per heavy atom. The van der Waals surface area contributed by atoms with E-state index in [4.69, 9.17) is 0 Å². The molecular formula is C13H22N2O2. The molecule has 4 nitrogen and oxygen atoms in total. The molecule has 1 aliphatic carbocycles. The Bertz CT molecular complexity index is 298. The molecule has 2 fully saturated rings. The van der Waals surface area contributed by atoms with Crippen molar-refractivity contribution < 1.29 is 9.59 Å². The molecule has 96 valence electrons. The van der Waals surface area contributed by atoms with Crippen LogP contribution >= 0.6 is 0 Å². The Hall–Kier alpha value is -1.06. The Balaban J connectivity index is 1.80. The standard InChI is InChI=1S/C13H22N2O2/c1-15(9-10-5-3-2-4-6-10)13(17)11-7-12(16)14-8-11/h10-11H,2-9H2,1H3,(H,14,16). The van der Waals surface area contributed by atoms with Crippen molar-refractivity contribution in [3.8, 4) is 0 Å². The lowest BCUT2D eigenvalue weighted by Gasteiger charge is -2.28. The normalized spacial score (nSPS) is 25.7. The van der Waals surface area contributed by atoms with E-state index in [0.29, 0.717) is 18.9 Å². The molecule has 0 spiro atoms. The van der Waals surface area contributed by atoms with E-state index in [1.807, 2.05) is 11.9 Å². The molecule has 17 heavy (non-hydrogen) atoms. The van der Waals surface area contributed by atoms with Crippen LogP contribution in [0.5, 0.6) is 0 Å².